The standard InChI is InChI=1S/C15H22N2O2/c1-3-8-16-15(19)10-17(2)14-7-4-11-9-12(18)5-6-13(11)14/h5-6,9,14,18H,3-4,7-8,10H2,1-2H3,(H,16,19). The van der Waals surface area contributed by atoms with E-state index in [2.05, 4.69) is 10.2 Å². The molecule has 0 bridgehead atoms. The van der Waals surface area contributed by atoms with Crippen LogP contribution < -0.4 is 5.32 Å². The molecule has 1 aromatic carbocycles. The molecule has 1 unspecified atom stereocenters. The van der Waals surface area contributed by atoms with Gasteiger partial charge in [-0.1, -0.05) is 13.0 Å². The molecule has 4 nitrogen and oxygen atoms in total. The Labute approximate surface area is 114 Å². The van der Waals surface area contributed by atoms with Gasteiger partial charge in [-0.15, -0.1) is 0 Å². The van der Waals surface area contributed by atoms with E-state index in [9.17, 15) is 9.90 Å². The van der Waals surface area contributed by atoms with Gasteiger partial charge in [0.1, 0.15) is 5.75 Å². The van der Waals surface area contributed by atoms with Crippen LogP contribution in [0.25, 0.3) is 0 Å². The van der Waals surface area contributed by atoms with Gasteiger partial charge in [0.05, 0.1) is 6.54 Å². The molecule has 0 fully saturated rings. The van der Waals surface area contributed by atoms with Crippen molar-refractivity contribution in [3.63, 3.8) is 0 Å². The number of phenolic OH excluding ortho intramolecular Hbond substituents is 1. The summed E-state index contributed by atoms with van der Waals surface area (Å²) in [6.45, 7) is 3.20. The summed E-state index contributed by atoms with van der Waals surface area (Å²) in [6, 6.07) is 5.81. The first-order valence-electron chi connectivity index (χ1n) is 6.90. The predicted octanol–water partition coefficient (Wildman–Crippen LogP) is 1.84. The monoisotopic (exact) mass is 262 g/mol. The van der Waals surface area contributed by atoms with E-state index in [0.29, 0.717) is 12.3 Å². The number of nitrogens with zero attached hydrogens (tertiary/aromatic N) is 1. The van der Waals surface area contributed by atoms with Gasteiger partial charge in [0.25, 0.3) is 0 Å². The van der Waals surface area contributed by atoms with Crippen LogP contribution in [-0.2, 0) is 11.2 Å². The minimum Gasteiger partial charge on any atom is -0.508 e. The van der Waals surface area contributed by atoms with Crippen LogP contribution in [0.2, 0.25) is 0 Å². The van der Waals surface area contributed by atoms with E-state index in [1.54, 1.807) is 6.07 Å². The molecular formula is C15H22N2O2. The number of aryl methyl sites for hydroxylation is 1. The Morgan fingerprint density at radius 2 is 2.32 bits per heavy atom. The maximum atomic E-state index is 11.7. The van der Waals surface area contributed by atoms with Crippen molar-refractivity contribution in [2.45, 2.75) is 32.2 Å². The molecule has 1 amide bonds. The molecule has 1 aromatic rings. The number of fused-ring (bicyclic) bond motifs is 1. The largest absolute Gasteiger partial charge is 0.508 e. The van der Waals surface area contributed by atoms with Crippen molar-refractivity contribution in [1.82, 2.24) is 10.2 Å². The molecule has 1 atom stereocenters. The fourth-order valence-electron chi connectivity index (χ4n) is 2.70. The fourth-order valence-corrected chi connectivity index (χ4v) is 2.70. The molecule has 0 aromatic heterocycles. The summed E-state index contributed by atoms with van der Waals surface area (Å²) in [4.78, 5) is 13.8. The topological polar surface area (TPSA) is 52.6 Å². The highest BCUT2D eigenvalue weighted by molar-refractivity contribution is 5.78. The van der Waals surface area contributed by atoms with E-state index in [0.717, 1.165) is 25.8 Å². The van der Waals surface area contributed by atoms with Crippen LogP contribution in [0, 0.1) is 0 Å². The third kappa shape index (κ3) is 3.26. The molecule has 1 aliphatic carbocycles. The number of benzene rings is 1. The summed E-state index contributed by atoms with van der Waals surface area (Å²) in [5, 5.41) is 12.4. The van der Waals surface area contributed by atoms with Gasteiger partial charge in [-0.3, -0.25) is 9.69 Å². The molecule has 0 radical (unpaired) electrons. The van der Waals surface area contributed by atoms with Gasteiger partial charge < -0.3 is 10.4 Å². The van der Waals surface area contributed by atoms with E-state index in [4.69, 9.17) is 0 Å². The predicted molar refractivity (Wildman–Crippen MR) is 75.1 cm³/mol. The number of phenols is 1. The highest BCUT2D eigenvalue weighted by Crippen LogP contribution is 2.36. The summed E-state index contributed by atoms with van der Waals surface area (Å²) >= 11 is 0. The molecular weight excluding hydrogens is 240 g/mol. The van der Waals surface area contributed by atoms with Crippen molar-refractivity contribution in [2.75, 3.05) is 20.1 Å². The lowest BCUT2D eigenvalue weighted by molar-refractivity contribution is -0.122. The number of hydrogen-bond acceptors (Lipinski definition) is 3. The average molecular weight is 262 g/mol. The zero-order chi connectivity index (χ0) is 13.8. The number of amides is 1. The van der Waals surface area contributed by atoms with E-state index in [1.165, 1.54) is 11.1 Å². The number of rotatable bonds is 5. The number of carbonyl (C=O) groups excluding carboxylic acids is 1. The zero-order valence-corrected chi connectivity index (χ0v) is 11.6. The number of aromatic hydroxyl groups is 1. The summed E-state index contributed by atoms with van der Waals surface area (Å²) in [5.41, 5.74) is 2.44. The number of likely N-dealkylation sites (N-methyl/N-ethyl adjacent to an activating group) is 1. The van der Waals surface area contributed by atoms with Crippen molar-refractivity contribution in [3.8, 4) is 5.75 Å². The van der Waals surface area contributed by atoms with Gasteiger partial charge in [-0.05, 0) is 49.6 Å². The molecule has 1 aliphatic rings. The van der Waals surface area contributed by atoms with Crippen molar-refractivity contribution in [2.24, 2.45) is 0 Å². The summed E-state index contributed by atoms with van der Waals surface area (Å²) in [5.74, 6) is 0.402. The van der Waals surface area contributed by atoms with Crippen molar-refractivity contribution in [3.05, 3.63) is 29.3 Å². The fraction of sp³-hybridized carbons (Fsp3) is 0.533. The van der Waals surface area contributed by atoms with Crippen molar-refractivity contribution < 1.29 is 9.90 Å². The molecule has 104 valence electrons. The van der Waals surface area contributed by atoms with E-state index >= 15 is 0 Å². The molecule has 0 aliphatic heterocycles. The third-order valence-electron chi connectivity index (χ3n) is 3.67. The maximum absolute atomic E-state index is 11.7. The zero-order valence-electron chi connectivity index (χ0n) is 11.6. The van der Waals surface area contributed by atoms with Gasteiger partial charge in [0.2, 0.25) is 5.91 Å². The first-order valence-corrected chi connectivity index (χ1v) is 6.90. The summed E-state index contributed by atoms with van der Waals surface area (Å²) in [6.07, 6.45) is 2.94. The minimum absolute atomic E-state index is 0.0802. The van der Waals surface area contributed by atoms with Crippen LogP contribution in [-0.4, -0.2) is 36.1 Å². The molecule has 0 heterocycles. The van der Waals surface area contributed by atoms with E-state index in [1.807, 2.05) is 26.1 Å². The quantitative estimate of drug-likeness (QED) is 0.851. The van der Waals surface area contributed by atoms with Crippen LogP contribution in [0.1, 0.15) is 36.9 Å². The van der Waals surface area contributed by atoms with E-state index in [-0.39, 0.29) is 11.9 Å². The molecule has 4 heteroatoms. The summed E-state index contributed by atoms with van der Waals surface area (Å²) in [7, 11) is 1.98. The summed E-state index contributed by atoms with van der Waals surface area (Å²) < 4.78 is 0. The van der Waals surface area contributed by atoms with Gasteiger partial charge in [0, 0.05) is 12.6 Å². The second kappa shape index (κ2) is 6.06. The molecule has 2 N–H and O–H groups in total. The van der Waals surface area contributed by atoms with Gasteiger partial charge in [-0.2, -0.15) is 0 Å². The first-order chi connectivity index (χ1) is 9.11. The second-order valence-electron chi connectivity index (χ2n) is 5.20. The van der Waals surface area contributed by atoms with Crippen LogP contribution in [0.3, 0.4) is 0 Å². The third-order valence-corrected chi connectivity index (χ3v) is 3.67. The van der Waals surface area contributed by atoms with Gasteiger partial charge >= 0.3 is 0 Å². The Bertz CT molecular complexity index is 459. The lowest BCUT2D eigenvalue weighted by atomic mass is 10.1. The average Bonchev–Trinajstić information content (AvgIpc) is 2.79. The maximum Gasteiger partial charge on any atom is 0.234 e. The van der Waals surface area contributed by atoms with E-state index < -0.39 is 0 Å². The van der Waals surface area contributed by atoms with Crippen LogP contribution >= 0.6 is 0 Å². The Morgan fingerprint density at radius 3 is 3.05 bits per heavy atom. The van der Waals surface area contributed by atoms with Crippen LogP contribution in [0.4, 0.5) is 0 Å². The van der Waals surface area contributed by atoms with Crippen molar-refractivity contribution >= 4 is 5.91 Å². The Balaban J connectivity index is 1.99. The Hall–Kier alpha value is -1.55. The van der Waals surface area contributed by atoms with Crippen LogP contribution in [0.5, 0.6) is 5.75 Å². The molecule has 2 rings (SSSR count). The lowest BCUT2D eigenvalue weighted by Crippen LogP contribution is -2.36. The molecule has 19 heavy (non-hydrogen) atoms. The number of hydrogen-bond donors (Lipinski definition) is 2. The highest BCUT2D eigenvalue weighted by Gasteiger charge is 2.26. The van der Waals surface area contributed by atoms with Crippen molar-refractivity contribution in [1.29, 1.82) is 0 Å². The lowest BCUT2D eigenvalue weighted by Gasteiger charge is -2.24. The molecule has 0 saturated heterocycles. The minimum atomic E-state index is 0.0802. The second-order valence-corrected chi connectivity index (χ2v) is 5.20. The molecule has 0 saturated carbocycles. The smallest absolute Gasteiger partial charge is 0.234 e. The molecule has 0 spiro atoms. The SMILES string of the molecule is CCCNC(=O)CN(C)C1CCc2cc(O)ccc21. The Morgan fingerprint density at radius 1 is 1.53 bits per heavy atom. The number of nitrogens with one attached hydrogen (secondary N) is 1. The first kappa shape index (κ1) is 13.9. The Kier molecular flexibility index (Phi) is 4.43. The van der Waals surface area contributed by atoms with Crippen LogP contribution in [0.15, 0.2) is 18.2 Å². The highest BCUT2D eigenvalue weighted by atomic mass is 16.3. The number of carbonyl (C=O) groups is 1. The van der Waals surface area contributed by atoms with Gasteiger partial charge in [-0.25, -0.2) is 0 Å². The normalized spacial score (nSPS) is 17.5. The van der Waals surface area contributed by atoms with Gasteiger partial charge in [0.15, 0.2) is 0 Å².